The SMILES string of the molecule is OOC1(OOC2(OO)CCCCCCCCCCC2)CCCCCCCCCCC1. The summed E-state index contributed by atoms with van der Waals surface area (Å²) in [4.78, 5) is 21.5. The molecule has 2 N–H and O–H groups in total. The Bertz CT molecular complexity index is 355. The molecule has 2 aliphatic carbocycles. The van der Waals surface area contributed by atoms with E-state index in [0.29, 0.717) is 25.7 Å². The third-order valence-corrected chi connectivity index (χ3v) is 6.91. The van der Waals surface area contributed by atoms with Crippen LogP contribution in [-0.4, -0.2) is 22.1 Å². The molecule has 0 unspecified atom stereocenters. The fraction of sp³-hybridized carbons (Fsp3) is 1.00. The Morgan fingerprint density at radius 1 is 0.333 bits per heavy atom. The lowest BCUT2D eigenvalue weighted by Crippen LogP contribution is -2.43. The lowest BCUT2D eigenvalue weighted by molar-refractivity contribution is -0.575. The first-order valence-corrected chi connectivity index (χ1v) is 12.8. The summed E-state index contributed by atoms with van der Waals surface area (Å²) < 4.78 is 0. The smallest absolute Gasteiger partial charge is 0.233 e. The van der Waals surface area contributed by atoms with Gasteiger partial charge in [0.15, 0.2) is 0 Å². The first-order chi connectivity index (χ1) is 14.7. The highest BCUT2D eigenvalue weighted by molar-refractivity contribution is 4.72. The molecule has 30 heavy (non-hydrogen) atoms. The molecular formula is C24H46O6. The summed E-state index contributed by atoms with van der Waals surface area (Å²) >= 11 is 0. The zero-order valence-corrected chi connectivity index (χ0v) is 19.1. The van der Waals surface area contributed by atoms with Crippen LogP contribution < -0.4 is 0 Å². The Labute approximate surface area is 183 Å². The van der Waals surface area contributed by atoms with E-state index in [4.69, 9.17) is 19.6 Å². The maximum atomic E-state index is 9.78. The fourth-order valence-electron chi connectivity index (χ4n) is 4.83. The van der Waals surface area contributed by atoms with Gasteiger partial charge in [-0.1, -0.05) is 89.9 Å². The van der Waals surface area contributed by atoms with Gasteiger partial charge in [-0.3, -0.25) is 0 Å². The first kappa shape index (κ1) is 26.0. The van der Waals surface area contributed by atoms with Gasteiger partial charge < -0.3 is 0 Å². The maximum absolute atomic E-state index is 9.78. The average molecular weight is 431 g/mol. The molecule has 0 radical (unpaired) electrons. The Hall–Kier alpha value is -0.240. The molecule has 178 valence electrons. The third-order valence-electron chi connectivity index (χ3n) is 6.91. The average Bonchev–Trinajstić information content (AvgIpc) is 2.75. The number of rotatable bonds is 5. The summed E-state index contributed by atoms with van der Waals surface area (Å²) in [6.45, 7) is 0. The van der Waals surface area contributed by atoms with Gasteiger partial charge in [0.1, 0.15) is 0 Å². The lowest BCUT2D eigenvalue weighted by Gasteiger charge is -2.35. The van der Waals surface area contributed by atoms with Crippen LogP contribution in [0.1, 0.15) is 141 Å². The Morgan fingerprint density at radius 3 is 0.733 bits per heavy atom. The van der Waals surface area contributed by atoms with E-state index in [2.05, 4.69) is 0 Å². The number of hydrogen-bond acceptors (Lipinski definition) is 6. The maximum Gasteiger partial charge on any atom is 0.233 e. The third kappa shape index (κ3) is 9.92. The second-order valence-electron chi connectivity index (χ2n) is 9.53. The van der Waals surface area contributed by atoms with Crippen LogP contribution in [0.2, 0.25) is 0 Å². The van der Waals surface area contributed by atoms with E-state index < -0.39 is 11.6 Å². The van der Waals surface area contributed by atoms with Gasteiger partial charge in [0.05, 0.1) is 0 Å². The van der Waals surface area contributed by atoms with Crippen LogP contribution in [0.4, 0.5) is 0 Å². The van der Waals surface area contributed by atoms with Gasteiger partial charge >= 0.3 is 0 Å². The van der Waals surface area contributed by atoms with Crippen molar-refractivity contribution in [2.75, 3.05) is 0 Å². The number of hydrogen-bond donors (Lipinski definition) is 2. The van der Waals surface area contributed by atoms with Crippen LogP contribution in [-0.2, 0) is 19.6 Å². The van der Waals surface area contributed by atoms with Crippen LogP contribution in [0.15, 0.2) is 0 Å². The van der Waals surface area contributed by atoms with Crippen molar-refractivity contribution in [3.63, 3.8) is 0 Å². The molecule has 0 aromatic rings. The van der Waals surface area contributed by atoms with Crippen LogP contribution in [0.3, 0.4) is 0 Å². The molecule has 2 saturated carbocycles. The largest absolute Gasteiger partial charge is 0.249 e. The van der Waals surface area contributed by atoms with Crippen molar-refractivity contribution < 1.29 is 30.1 Å². The predicted octanol–water partition coefficient (Wildman–Crippen LogP) is 7.92. The van der Waals surface area contributed by atoms with Gasteiger partial charge in [0, 0.05) is 25.7 Å². The highest BCUT2D eigenvalue weighted by atomic mass is 17.3. The van der Waals surface area contributed by atoms with E-state index in [0.717, 1.165) is 51.4 Å². The van der Waals surface area contributed by atoms with E-state index in [1.54, 1.807) is 0 Å². The minimum atomic E-state index is -1.19. The lowest BCUT2D eigenvalue weighted by atomic mass is 9.97. The molecule has 0 heterocycles. The van der Waals surface area contributed by atoms with Crippen molar-refractivity contribution in [1.82, 2.24) is 0 Å². The predicted molar refractivity (Wildman–Crippen MR) is 117 cm³/mol. The molecule has 6 heteroatoms. The monoisotopic (exact) mass is 430 g/mol. The molecule has 0 bridgehead atoms. The van der Waals surface area contributed by atoms with Gasteiger partial charge in [0.2, 0.25) is 11.6 Å². The molecule has 2 fully saturated rings. The Balaban J connectivity index is 1.98. The summed E-state index contributed by atoms with van der Waals surface area (Å²) in [7, 11) is 0. The Morgan fingerprint density at radius 2 is 0.533 bits per heavy atom. The summed E-state index contributed by atoms with van der Waals surface area (Å²) in [5.41, 5.74) is 0. The van der Waals surface area contributed by atoms with Crippen LogP contribution in [0, 0.1) is 0 Å². The van der Waals surface area contributed by atoms with E-state index in [9.17, 15) is 10.5 Å². The minimum absolute atomic E-state index is 0.574. The molecule has 0 saturated heterocycles. The molecule has 2 aliphatic rings. The van der Waals surface area contributed by atoms with Crippen LogP contribution in [0.25, 0.3) is 0 Å². The van der Waals surface area contributed by atoms with Gasteiger partial charge in [-0.05, 0) is 25.7 Å². The molecular weight excluding hydrogens is 384 g/mol. The topological polar surface area (TPSA) is 77.4 Å². The summed E-state index contributed by atoms with van der Waals surface area (Å²) in [5.74, 6) is -2.37. The second kappa shape index (κ2) is 15.5. The van der Waals surface area contributed by atoms with E-state index >= 15 is 0 Å². The van der Waals surface area contributed by atoms with Gasteiger partial charge in [-0.15, -0.1) is 0 Å². The fourth-order valence-corrected chi connectivity index (χ4v) is 4.83. The highest BCUT2D eigenvalue weighted by Crippen LogP contribution is 2.35. The Kier molecular flexibility index (Phi) is 13.5. The van der Waals surface area contributed by atoms with Gasteiger partial charge in [-0.2, -0.15) is 9.78 Å². The molecule has 0 aliphatic heterocycles. The van der Waals surface area contributed by atoms with Crippen molar-refractivity contribution >= 4 is 0 Å². The van der Waals surface area contributed by atoms with Crippen LogP contribution >= 0.6 is 0 Å². The zero-order chi connectivity index (χ0) is 21.4. The van der Waals surface area contributed by atoms with Gasteiger partial charge in [0.25, 0.3) is 0 Å². The van der Waals surface area contributed by atoms with Crippen molar-refractivity contribution in [3.8, 4) is 0 Å². The standard InChI is InChI=1S/C24H46O6/c25-27-23(19-15-11-7-3-1-4-8-12-16-20-23)29-30-24(28-26)21-17-13-9-5-2-6-10-14-18-22-24/h25-26H,1-22H2. The van der Waals surface area contributed by atoms with Crippen molar-refractivity contribution in [1.29, 1.82) is 0 Å². The molecule has 0 spiro atoms. The van der Waals surface area contributed by atoms with Crippen molar-refractivity contribution in [2.45, 2.75) is 153 Å². The van der Waals surface area contributed by atoms with E-state index in [1.807, 2.05) is 0 Å². The second-order valence-corrected chi connectivity index (χ2v) is 9.53. The molecule has 2 rings (SSSR count). The molecule has 6 nitrogen and oxygen atoms in total. The minimum Gasteiger partial charge on any atom is -0.249 e. The summed E-state index contributed by atoms with van der Waals surface area (Å²) in [6.07, 6.45) is 22.8. The van der Waals surface area contributed by atoms with Crippen molar-refractivity contribution in [3.05, 3.63) is 0 Å². The van der Waals surface area contributed by atoms with Crippen LogP contribution in [0.5, 0.6) is 0 Å². The van der Waals surface area contributed by atoms with E-state index in [1.165, 1.54) is 64.2 Å². The normalized spacial score (nSPS) is 25.8. The quantitative estimate of drug-likeness (QED) is 0.262. The first-order valence-electron chi connectivity index (χ1n) is 12.8. The molecule has 0 aromatic carbocycles. The molecule has 0 amide bonds. The summed E-state index contributed by atoms with van der Waals surface area (Å²) in [5, 5.41) is 19.6. The van der Waals surface area contributed by atoms with Crippen molar-refractivity contribution in [2.24, 2.45) is 0 Å². The highest BCUT2D eigenvalue weighted by Gasteiger charge is 2.40. The van der Waals surface area contributed by atoms with E-state index in [-0.39, 0.29) is 0 Å². The van der Waals surface area contributed by atoms with Gasteiger partial charge in [-0.25, -0.2) is 20.3 Å². The molecule has 0 aromatic heterocycles. The molecule has 0 atom stereocenters. The summed E-state index contributed by atoms with van der Waals surface area (Å²) in [6, 6.07) is 0. The zero-order valence-electron chi connectivity index (χ0n) is 19.1.